The topological polar surface area (TPSA) is 38.3 Å². The molecule has 0 aliphatic heterocycles. The summed E-state index contributed by atoms with van der Waals surface area (Å²) < 4.78 is 5.57. The zero-order valence-electron chi connectivity index (χ0n) is 12.1. The molecular weight excluding hydrogens is 250 g/mol. The van der Waals surface area contributed by atoms with Gasteiger partial charge in [0.2, 0.25) is 5.91 Å². The highest BCUT2D eigenvalue weighted by Gasteiger charge is 2.03. The number of nitrogens with one attached hydrogen (secondary N) is 1. The van der Waals surface area contributed by atoms with Crippen LogP contribution < -0.4 is 10.1 Å². The van der Waals surface area contributed by atoms with Gasteiger partial charge in [0, 0.05) is 13.5 Å². The van der Waals surface area contributed by atoms with Crippen molar-refractivity contribution in [3.05, 3.63) is 42.0 Å². The molecule has 0 saturated carbocycles. The Labute approximate surface area is 119 Å². The van der Waals surface area contributed by atoms with Gasteiger partial charge in [0.1, 0.15) is 5.75 Å². The molecule has 0 bridgehead atoms. The first-order valence-electron chi connectivity index (χ1n) is 7.09. The maximum Gasteiger partial charge on any atom is 0.216 e. The molecule has 0 aliphatic carbocycles. The molecule has 3 nitrogen and oxygen atoms in total. The van der Waals surface area contributed by atoms with Gasteiger partial charge in [-0.25, -0.2) is 0 Å². The molecule has 0 aliphatic rings. The minimum Gasteiger partial charge on any atom is -0.494 e. The fourth-order valence-corrected chi connectivity index (χ4v) is 2.33. The molecule has 1 N–H and O–H groups in total. The Balaban J connectivity index is 2.14. The maximum absolute atomic E-state index is 10.9. The first kappa shape index (κ1) is 14.4. The number of carbonyl (C=O) groups excluding carboxylic acids is 1. The van der Waals surface area contributed by atoms with Crippen LogP contribution in [0.1, 0.15) is 25.8 Å². The van der Waals surface area contributed by atoms with Crippen molar-refractivity contribution in [2.45, 2.75) is 26.7 Å². The molecule has 2 aromatic rings. The molecule has 0 radical (unpaired) electrons. The lowest BCUT2D eigenvalue weighted by Crippen LogP contribution is -2.21. The molecule has 1 amide bonds. The summed E-state index contributed by atoms with van der Waals surface area (Å²) in [6, 6.07) is 12.5. The number of hydrogen-bond acceptors (Lipinski definition) is 2. The van der Waals surface area contributed by atoms with Crippen molar-refractivity contribution >= 4 is 16.7 Å². The number of aryl methyl sites for hydroxylation is 1. The second kappa shape index (κ2) is 6.94. The number of fused-ring (bicyclic) bond motifs is 1. The normalized spacial score (nSPS) is 10.5. The van der Waals surface area contributed by atoms with E-state index in [4.69, 9.17) is 4.74 Å². The van der Waals surface area contributed by atoms with Gasteiger partial charge in [0.05, 0.1) is 6.61 Å². The van der Waals surface area contributed by atoms with E-state index in [0.717, 1.165) is 25.1 Å². The number of amides is 1. The smallest absolute Gasteiger partial charge is 0.216 e. The van der Waals surface area contributed by atoms with Gasteiger partial charge >= 0.3 is 0 Å². The van der Waals surface area contributed by atoms with Crippen LogP contribution in [0.2, 0.25) is 0 Å². The Kier molecular flexibility index (Phi) is 4.99. The van der Waals surface area contributed by atoms with Crippen LogP contribution in [0, 0.1) is 0 Å². The lowest BCUT2D eigenvalue weighted by molar-refractivity contribution is -0.118. The molecule has 0 aromatic heterocycles. The summed E-state index contributed by atoms with van der Waals surface area (Å²) in [5.74, 6) is 0.941. The number of rotatable bonds is 6. The molecule has 0 unspecified atom stereocenters. The van der Waals surface area contributed by atoms with E-state index in [9.17, 15) is 4.79 Å². The van der Waals surface area contributed by atoms with Crippen molar-refractivity contribution in [2.75, 3.05) is 13.2 Å². The summed E-state index contributed by atoms with van der Waals surface area (Å²) in [7, 11) is 0. The summed E-state index contributed by atoms with van der Waals surface area (Å²) in [5, 5.41) is 5.30. The molecule has 3 heteroatoms. The quantitative estimate of drug-likeness (QED) is 0.819. The molecule has 2 rings (SSSR count). The van der Waals surface area contributed by atoms with Crippen LogP contribution in [-0.4, -0.2) is 19.1 Å². The van der Waals surface area contributed by atoms with E-state index in [1.807, 2.05) is 13.0 Å². The zero-order chi connectivity index (χ0) is 14.4. The molecule has 0 saturated heterocycles. The van der Waals surface area contributed by atoms with E-state index in [-0.39, 0.29) is 5.91 Å². The third-order valence-corrected chi connectivity index (χ3v) is 3.25. The van der Waals surface area contributed by atoms with Crippen LogP contribution in [-0.2, 0) is 11.2 Å². The monoisotopic (exact) mass is 271 g/mol. The van der Waals surface area contributed by atoms with Crippen molar-refractivity contribution in [1.82, 2.24) is 5.32 Å². The highest BCUT2D eigenvalue weighted by Crippen LogP contribution is 2.25. The van der Waals surface area contributed by atoms with Crippen molar-refractivity contribution < 1.29 is 9.53 Å². The summed E-state index contributed by atoms with van der Waals surface area (Å²) in [6.45, 7) is 4.93. The molecule has 0 atom stereocenters. The summed E-state index contributed by atoms with van der Waals surface area (Å²) >= 11 is 0. The van der Waals surface area contributed by atoms with Gasteiger partial charge in [-0.3, -0.25) is 4.79 Å². The van der Waals surface area contributed by atoms with E-state index >= 15 is 0 Å². The van der Waals surface area contributed by atoms with E-state index in [1.54, 1.807) is 6.92 Å². The van der Waals surface area contributed by atoms with Crippen molar-refractivity contribution in [1.29, 1.82) is 0 Å². The molecule has 0 fully saturated rings. The molecule has 0 heterocycles. The number of benzene rings is 2. The van der Waals surface area contributed by atoms with Crippen molar-refractivity contribution in [2.24, 2.45) is 0 Å². The Morgan fingerprint density at radius 3 is 2.85 bits per heavy atom. The highest BCUT2D eigenvalue weighted by molar-refractivity contribution is 5.87. The number of hydrogen-bond donors (Lipinski definition) is 1. The van der Waals surface area contributed by atoms with Gasteiger partial charge in [0.15, 0.2) is 0 Å². The number of carbonyl (C=O) groups is 1. The van der Waals surface area contributed by atoms with Crippen LogP contribution in [0.15, 0.2) is 36.4 Å². The summed E-state index contributed by atoms with van der Waals surface area (Å²) in [5.41, 5.74) is 1.30. The lowest BCUT2D eigenvalue weighted by Gasteiger charge is -2.09. The minimum atomic E-state index is 0.0292. The number of ether oxygens (including phenoxy) is 1. The van der Waals surface area contributed by atoms with Crippen LogP contribution in [0.4, 0.5) is 0 Å². The van der Waals surface area contributed by atoms with Crippen molar-refractivity contribution in [3.63, 3.8) is 0 Å². The van der Waals surface area contributed by atoms with Gasteiger partial charge < -0.3 is 10.1 Å². The third kappa shape index (κ3) is 3.73. The Morgan fingerprint density at radius 1 is 1.25 bits per heavy atom. The fraction of sp³-hybridized carbons (Fsp3) is 0.353. The zero-order valence-corrected chi connectivity index (χ0v) is 12.1. The lowest BCUT2D eigenvalue weighted by atomic mass is 10.0. The van der Waals surface area contributed by atoms with Gasteiger partial charge in [0.25, 0.3) is 0 Å². The highest BCUT2D eigenvalue weighted by atomic mass is 16.5. The second-order valence-corrected chi connectivity index (χ2v) is 4.82. The van der Waals surface area contributed by atoms with Crippen LogP contribution in [0.5, 0.6) is 5.75 Å². The Morgan fingerprint density at radius 2 is 2.10 bits per heavy atom. The Hall–Kier alpha value is -2.03. The van der Waals surface area contributed by atoms with Crippen LogP contribution in [0.25, 0.3) is 10.8 Å². The molecule has 20 heavy (non-hydrogen) atoms. The fourth-order valence-electron chi connectivity index (χ4n) is 2.33. The van der Waals surface area contributed by atoms with Gasteiger partial charge in [-0.05, 0) is 48.2 Å². The van der Waals surface area contributed by atoms with Crippen molar-refractivity contribution in [3.8, 4) is 5.75 Å². The maximum atomic E-state index is 10.9. The predicted molar refractivity (Wildman–Crippen MR) is 82.1 cm³/mol. The Bertz CT molecular complexity index is 593. The average Bonchev–Trinajstić information content (AvgIpc) is 2.44. The second-order valence-electron chi connectivity index (χ2n) is 4.82. The molecule has 2 aromatic carbocycles. The first-order valence-corrected chi connectivity index (χ1v) is 7.09. The van der Waals surface area contributed by atoms with Crippen LogP contribution in [0.3, 0.4) is 0 Å². The SMILES string of the molecule is CCOc1ccc2cccc(CCCNC(C)=O)c2c1. The molecule has 106 valence electrons. The van der Waals surface area contributed by atoms with Gasteiger partial charge in [-0.2, -0.15) is 0 Å². The largest absolute Gasteiger partial charge is 0.494 e. The summed E-state index contributed by atoms with van der Waals surface area (Å²) in [4.78, 5) is 10.9. The predicted octanol–water partition coefficient (Wildman–Crippen LogP) is 3.31. The van der Waals surface area contributed by atoms with E-state index in [1.165, 1.54) is 16.3 Å². The van der Waals surface area contributed by atoms with Crippen LogP contribution >= 0.6 is 0 Å². The van der Waals surface area contributed by atoms with Gasteiger partial charge in [-0.15, -0.1) is 0 Å². The molecule has 0 spiro atoms. The standard InChI is InChI=1S/C17H21NO2/c1-3-20-16-10-9-15-7-4-6-14(17(15)12-16)8-5-11-18-13(2)19/h4,6-7,9-10,12H,3,5,8,11H2,1-2H3,(H,18,19). The van der Waals surface area contributed by atoms with E-state index in [0.29, 0.717) is 6.61 Å². The van der Waals surface area contributed by atoms with E-state index in [2.05, 4.69) is 35.6 Å². The van der Waals surface area contributed by atoms with E-state index < -0.39 is 0 Å². The van der Waals surface area contributed by atoms with Gasteiger partial charge in [-0.1, -0.05) is 24.3 Å². The third-order valence-electron chi connectivity index (χ3n) is 3.25. The first-order chi connectivity index (χ1) is 9.70. The average molecular weight is 271 g/mol. The molecular formula is C17H21NO2. The minimum absolute atomic E-state index is 0.0292. The summed E-state index contributed by atoms with van der Waals surface area (Å²) in [6.07, 6.45) is 1.89.